The maximum Gasteiger partial charge on any atom is 0.117 e. The second-order valence-corrected chi connectivity index (χ2v) is 6.10. The molecule has 0 spiro atoms. The average Bonchev–Trinajstić information content (AvgIpc) is 2.92. The van der Waals surface area contributed by atoms with E-state index in [1.807, 2.05) is 11.3 Å². The van der Waals surface area contributed by atoms with Crippen molar-refractivity contribution >= 4 is 11.3 Å². The molecular formula is C12H21N3S. The third-order valence-corrected chi connectivity index (χ3v) is 3.79. The van der Waals surface area contributed by atoms with Gasteiger partial charge in [0, 0.05) is 18.9 Å². The standard InChI is InChI=1S/C12H21N3S/c1-9(2)13-7-3-4-11-14-15-12(16-11)8-10-5-6-10/h9-10,13H,3-8H2,1-2H3. The normalized spacial score (nSPS) is 15.9. The monoisotopic (exact) mass is 239 g/mol. The Labute approximate surface area is 102 Å². The third-order valence-electron chi connectivity index (χ3n) is 2.79. The summed E-state index contributed by atoms with van der Waals surface area (Å²) >= 11 is 1.81. The van der Waals surface area contributed by atoms with Gasteiger partial charge in [-0.05, 0) is 31.7 Å². The summed E-state index contributed by atoms with van der Waals surface area (Å²) in [5, 5.41) is 14.4. The number of nitrogens with zero attached hydrogens (tertiary/aromatic N) is 2. The van der Waals surface area contributed by atoms with Gasteiger partial charge in [0.2, 0.25) is 0 Å². The highest BCUT2D eigenvalue weighted by atomic mass is 32.1. The van der Waals surface area contributed by atoms with E-state index in [1.165, 1.54) is 29.3 Å². The van der Waals surface area contributed by atoms with Crippen molar-refractivity contribution in [3.8, 4) is 0 Å². The Bertz CT molecular complexity index is 318. The summed E-state index contributed by atoms with van der Waals surface area (Å²) in [6.07, 6.45) is 6.20. The Morgan fingerprint density at radius 1 is 1.31 bits per heavy atom. The molecule has 1 N–H and O–H groups in total. The van der Waals surface area contributed by atoms with Gasteiger partial charge < -0.3 is 5.32 Å². The van der Waals surface area contributed by atoms with Gasteiger partial charge >= 0.3 is 0 Å². The van der Waals surface area contributed by atoms with Crippen molar-refractivity contribution in [2.24, 2.45) is 5.92 Å². The lowest BCUT2D eigenvalue weighted by Crippen LogP contribution is -2.23. The smallest absolute Gasteiger partial charge is 0.117 e. The van der Waals surface area contributed by atoms with E-state index in [2.05, 4.69) is 29.4 Å². The first kappa shape index (κ1) is 12.0. The molecule has 1 fully saturated rings. The fourth-order valence-corrected chi connectivity index (χ4v) is 2.67. The van der Waals surface area contributed by atoms with E-state index in [9.17, 15) is 0 Å². The molecule has 0 unspecified atom stereocenters. The maximum atomic E-state index is 4.26. The van der Waals surface area contributed by atoms with Gasteiger partial charge in [-0.3, -0.25) is 0 Å². The lowest BCUT2D eigenvalue weighted by molar-refractivity contribution is 0.569. The molecule has 1 heterocycles. The summed E-state index contributed by atoms with van der Waals surface area (Å²) in [7, 11) is 0. The van der Waals surface area contributed by atoms with E-state index >= 15 is 0 Å². The average molecular weight is 239 g/mol. The van der Waals surface area contributed by atoms with Crippen LogP contribution >= 0.6 is 11.3 Å². The molecule has 0 radical (unpaired) electrons. The Morgan fingerprint density at radius 3 is 2.75 bits per heavy atom. The lowest BCUT2D eigenvalue weighted by Gasteiger charge is -2.05. The van der Waals surface area contributed by atoms with E-state index in [0.29, 0.717) is 6.04 Å². The predicted octanol–water partition coefficient (Wildman–Crippen LogP) is 2.42. The van der Waals surface area contributed by atoms with Crippen molar-refractivity contribution in [1.82, 2.24) is 15.5 Å². The SMILES string of the molecule is CC(C)NCCCc1nnc(CC2CC2)s1. The van der Waals surface area contributed by atoms with Gasteiger partial charge in [0.15, 0.2) is 0 Å². The van der Waals surface area contributed by atoms with E-state index in [0.717, 1.165) is 25.3 Å². The molecule has 3 nitrogen and oxygen atoms in total. The summed E-state index contributed by atoms with van der Waals surface area (Å²) in [4.78, 5) is 0. The topological polar surface area (TPSA) is 37.8 Å². The van der Waals surface area contributed by atoms with E-state index in [1.54, 1.807) is 0 Å². The fraction of sp³-hybridized carbons (Fsp3) is 0.833. The summed E-state index contributed by atoms with van der Waals surface area (Å²) in [6.45, 7) is 5.44. The molecule has 0 saturated heterocycles. The van der Waals surface area contributed by atoms with Crippen molar-refractivity contribution in [2.45, 2.75) is 52.0 Å². The molecule has 1 aromatic rings. The van der Waals surface area contributed by atoms with E-state index in [-0.39, 0.29) is 0 Å². The largest absolute Gasteiger partial charge is 0.315 e. The van der Waals surface area contributed by atoms with Gasteiger partial charge in [-0.25, -0.2) is 0 Å². The zero-order chi connectivity index (χ0) is 11.4. The number of aromatic nitrogens is 2. The van der Waals surface area contributed by atoms with E-state index < -0.39 is 0 Å². The minimum Gasteiger partial charge on any atom is -0.315 e. The first-order chi connectivity index (χ1) is 7.74. The van der Waals surface area contributed by atoms with Crippen LogP contribution in [0.15, 0.2) is 0 Å². The number of hydrogen-bond acceptors (Lipinski definition) is 4. The van der Waals surface area contributed by atoms with Crippen LogP contribution in [0.3, 0.4) is 0 Å². The van der Waals surface area contributed by atoms with Crippen molar-refractivity contribution in [2.75, 3.05) is 6.54 Å². The van der Waals surface area contributed by atoms with E-state index in [4.69, 9.17) is 0 Å². The number of nitrogens with one attached hydrogen (secondary N) is 1. The maximum absolute atomic E-state index is 4.26. The summed E-state index contributed by atoms with van der Waals surface area (Å²) in [5.74, 6) is 0.920. The van der Waals surface area contributed by atoms with Crippen molar-refractivity contribution < 1.29 is 0 Å². The minimum absolute atomic E-state index is 0.583. The molecule has 4 heteroatoms. The lowest BCUT2D eigenvalue weighted by atomic mass is 10.3. The molecule has 1 saturated carbocycles. The molecule has 0 amide bonds. The molecule has 1 aliphatic rings. The van der Waals surface area contributed by atoms with Crippen LogP contribution in [-0.4, -0.2) is 22.8 Å². The molecule has 90 valence electrons. The van der Waals surface area contributed by atoms with Gasteiger partial charge in [-0.1, -0.05) is 13.8 Å². The predicted molar refractivity (Wildman–Crippen MR) is 67.8 cm³/mol. The molecule has 0 bridgehead atoms. The highest BCUT2D eigenvalue weighted by Gasteiger charge is 2.23. The molecule has 1 aromatic heterocycles. The summed E-state index contributed by atoms with van der Waals surface area (Å²) in [6, 6.07) is 0.583. The van der Waals surface area contributed by atoms with Crippen LogP contribution in [0, 0.1) is 5.92 Å². The van der Waals surface area contributed by atoms with Gasteiger partial charge in [-0.15, -0.1) is 21.5 Å². The number of aryl methyl sites for hydroxylation is 1. The summed E-state index contributed by atoms with van der Waals surface area (Å²) in [5.41, 5.74) is 0. The zero-order valence-corrected chi connectivity index (χ0v) is 11.0. The summed E-state index contributed by atoms with van der Waals surface area (Å²) < 4.78 is 0. The van der Waals surface area contributed by atoms with Crippen LogP contribution in [0.25, 0.3) is 0 Å². The van der Waals surface area contributed by atoms with Crippen molar-refractivity contribution in [3.63, 3.8) is 0 Å². The quantitative estimate of drug-likeness (QED) is 0.743. The second kappa shape index (κ2) is 5.73. The van der Waals surface area contributed by atoms with Gasteiger partial charge in [-0.2, -0.15) is 0 Å². The zero-order valence-electron chi connectivity index (χ0n) is 10.2. The first-order valence-electron chi connectivity index (χ1n) is 6.28. The highest BCUT2D eigenvalue weighted by Crippen LogP contribution is 2.33. The van der Waals surface area contributed by atoms with Crippen LogP contribution in [-0.2, 0) is 12.8 Å². The molecule has 0 aromatic carbocycles. The highest BCUT2D eigenvalue weighted by molar-refractivity contribution is 7.11. The first-order valence-corrected chi connectivity index (χ1v) is 7.10. The molecule has 2 rings (SSSR count). The molecule has 1 aliphatic carbocycles. The molecule has 16 heavy (non-hydrogen) atoms. The second-order valence-electron chi connectivity index (χ2n) is 4.95. The Kier molecular flexibility index (Phi) is 4.29. The number of hydrogen-bond donors (Lipinski definition) is 1. The van der Waals surface area contributed by atoms with Crippen LogP contribution < -0.4 is 5.32 Å². The minimum atomic E-state index is 0.583. The van der Waals surface area contributed by atoms with Gasteiger partial charge in [0.1, 0.15) is 10.0 Å². The van der Waals surface area contributed by atoms with Gasteiger partial charge in [0.25, 0.3) is 0 Å². The molecule has 0 atom stereocenters. The molecular weight excluding hydrogens is 218 g/mol. The van der Waals surface area contributed by atoms with Gasteiger partial charge in [0.05, 0.1) is 0 Å². The Morgan fingerprint density at radius 2 is 2.06 bits per heavy atom. The Hall–Kier alpha value is -0.480. The van der Waals surface area contributed by atoms with Crippen molar-refractivity contribution in [3.05, 3.63) is 10.0 Å². The third kappa shape index (κ3) is 4.18. The fourth-order valence-electron chi connectivity index (χ4n) is 1.67. The number of rotatable bonds is 7. The van der Waals surface area contributed by atoms with Crippen LogP contribution in [0.5, 0.6) is 0 Å². The Balaban J connectivity index is 1.66. The van der Waals surface area contributed by atoms with Crippen LogP contribution in [0.4, 0.5) is 0 Å². The van der Waals surface area contributed by atoms with Crippen LogP contribution in [0.2, 0.25) is 0 Å². The molecule has 0 aliphatic heterocycles. The van der Waals surface area contributed by atoms with Crippen LogP contribution in [0.1, 0.15) is 43.1 Å². The van der Waals surface area contributed by atoms with Crippen molar-refractivity contribution in [1.29, 1.82) is 0 Å².